The molecule has 0 aliphatic heterocycles. The Labute approximate surface area is 120 Å². The van der Waals surface area contributed by atoms with E-state index in [9.17, 15) is 0 Å². The number of hydrogen-bond donors (Lipinski definition) is 2. The lowest BCUT2D eigenvalue weighted by Crippen LogP contribution is -2.39. The number of ether oxygens (including phenoxy) is 1. The van der Waals surface area contributed by atoms with Gasteiger partial charge in [0.25, 0.3) is 0 Å². The summed E-state index contributed by atoms with van der Waals surface area (Å²) in [4.78, 5) is 0. The van der Waals surface area contributed by atoms with Crippen molar-refractivity contribution < 1.29 is 9.84 Å². The normalized spacial score (nSPS) is 11.8. The van der Waals surface area contributed by atoms with Crippen LogP contribution in [0.4, 0.5) is 0 Å². The van der Waals surface area contributed by atoms with Gasteiger partial charge in [0.15, 0.2) is 0 Å². The molecule has 0 fully saturated rings. The number of rotatable bonds is 6. The van der Waals surface area contributed by atoms with Gasteiger partial charge >= 0.3 is 0 Å². The summed E-state index contributed by atoms with van der Waals surface area (Å²) in [6, 6.07) is 12.5. The quantitative estimate of drug-likeness (QED) is 0.850. The Kier molecular flexibility index (Phi) is 4.63. The van der Waals surface area contributed by atoms with E-state index in [-0.39, 0.29) is 12.1 Å². The van der Waals surface area contributed by atoms with Crippen LogP contribution in [0, 0.1) is 0 Å². The summed E-state index contributed by atoms with van der Waals surface area (Å²) in [5.41, 5.74) is 1.19. The predicted molar refractivity (Wildman–Crippen MR) is 83.1 cm³/mol. The molecule has 0 amide bonds. The van der Waals surface area contributed by atoms with Crippen molar-refractivity contribution >= 4 is 10.8 Å². The van der Waals surface area contributed by atoms with E-state index in [2.05, 4.69) is 43.4 Å². The van der Waals surface area contributed by atoms with E-state index in [4.69, 9.17) is 9.84 Å². The molecule has 0 saturated carbocycles. The molecule has 0 aliphatic rings. The molecule has 0 saturated heterocycles. The van der Waals surface area contributed by atoms with E-state index in [1.807, 2.05) is 12.1 Å². The van der Waals surface area contributed by atoms with Gasteiger partial charge in [0.1, 0.15) is 5.75 Å². The molecule has 2 aromatic carbocycles. The van der Waals surface area contributed by atoms with Crippen LogP contribution in [-0.2, 0) is 6.54 Å². The van der Waals surface area contributed by atoms with Gasteiger partial charge in [-0.15, -0.1) is 0 Å². The van der Waals surface area contributed by atoms with Gasteiger partial charge in [0.2, 0.25) is 0 Å². The van der Waals surface area contributed by atoms with E-state index >= 15 is 0 Å². The van der Waals surface area contributed by atoms with Crippen molar-refractivity contribution in [3.63, 3.8) is 0 Å². The highest BCUT2D eigenvalue weighted by atomic mass is 16.5. The van der Waals surface area contributed by atoms with Crippen LogP contribution < -0.4 is 10.1 Å². The lowest BCUT2D eigenvalue weighted by molar-refractivity contribution is 0.230. The molecule has 108 valence electrons. The lowest BCUT2D eigenvalue weighted by Gasteiger charge is -2.25. The Bertz CT molecular complexity index is 578. The van der Waals surface area contributed by atoms with Gasteiger partial charge in [-0.1, -0.05) is 18.2 Å². The summed E-state index contributed by atoms with van der Waals surface area (Å²) in [6.45, 7) is 5.22. The Morgan fingerprint density at radius 3 is 2.50 bits per heavy atom. The minimum Gasteiger partial charge on any atom is -0.497 e. The molecule has 2 rings (SSSR count). The predicted octanol–water partition coefficient (Wildman–Crippen LogP) is 3.10. The summed E-state index contributed by atoms with van der Waals surface area (Å²) < 4.78 is 5.24. The number of benzene rings is 2. The average molecular weight is 273 g/mol. The van der Waals surface area contributed by atoms with Crippen LogP contribution in [0.3, 0.4) is 0 Å². The second kappa shape index (κ2) is 6.25. The van der Waals surface area contributed by atoms with Gasteiger partial charge in [0, 0.05) is 18.7 Å². The van der Waals surface area contributed by atoms with Crippen LogP contribution in [0.15, 0.2) is 36.4 Å². The second-order valence-electron chi connectivity index (χ2n) is 5.76. The highest BCUT2D eigenvalue weighted by Gasteiger charge is 2.15. The Morgan fingerprint density at radius 2 is 1.80 bits per heavy atom. The third-order valence-electron chi connectivity index (χ3n) is 3.62. The first-order valence-corrected chi connectivity index (χ1v) is 6.97. The zero-order chi connectivity index (χ0) is 14.6. The molecule has 3 nitrogen and oxygen atoms in total. The molecule has 2 N–H and O–H groups in total. The summed E-state index contributed by atoms with van der Waals surface area (Å²) in [5.74, 6) is 0.882. The number of nitrogens with one attached hydrogen (secondary N) is 1. The molecule has 0 aromatic heterocycles. The first-order valence-electron chi connectivity index (χ1n) is 6.97. The van der Waals surface area contributed by atoms with E-state index in [1.54, 1.807) is 7.11 Å². The fourth-order valence-corrected chi connectivity index (χ4v) is 2.22. The SMILES string of the molecule is COc1ccc2cc(CNC(C)(C)CCO)ccc2c1. The van der Waals surface area contributed by atoms with Gasteiger partial charge < -0.3 is 15.2 Å². The van der Waals surface area contributed by atoms with Crippen LogP contribution >= 0.6 is 0 Å². The number of methoxy groups -OCH3 is 1. The molecule has 0 bridgehead atoms. The van der Waals surface area contributed by atoms with Crippen LogP contribution in [0.5, 0.6) is 5.75 Å². The van der Waals surface area contributed by atoms with E-state index < -0.39 is 0 Å². The van der Waals surface area contributed by atoms with Crippen molar-refractivity contribution in [2.24, 2.45) is 0 Å². The van der Waals surface area contributed by atoms with Crippen LogP contribution in [0.1, 0.15) is 25.8 Å². The molecule has 20 heavy (non-hydrogen) atoms. The van der Waals surface area contributed by atoms with Gasteiger partial charge in [-0.3, -0.25) is 0 Å². The third kappa shape index (κ3) is 3.71. The van der Waals surface area contributed by atoms with Crippen LogP contribution in [0.2, 0.25) is 0 Å². The Balaban J connectivity index is 2.12. The van der Waals surface area contributed by atoms with Gasteiger partial charge in [-0.05, 0) is 54.8 Å². The maximum absolute atomic E-state index is 9.04. The smallest absolute Gasteiger partial charge is 0.119 e. The molecule has 0 radical (unpaired) electrons. The van der Waals surface area contributed by atoms with E-state index in [1.165, 1.54) is 16.3 Å². The maximum atomic E-state index is 9.04. The molecule has 0 aliphatic carbocycles. The third-order valence-corrected chi connectivity index (χ3v) is 3.62. The van der Waals surface area contributed by atoms with E-state index in [0.29, 0.717) is 0 Å². The molecule has 0 heterocycles. The minimum atomic E-state index is -0.0520. The van der Waals surface area contributed by atoms with E-state index in [0.717, 1.165) is 18.7 Å². The van der Waals surface area contributed by atoms with Crippen molar-refractivity contribution in [1.29, 1.82) is 0 Å². The minimum absolute atomic E-state index is 0.0520. The molecule has 0 unspecified atom stereocenters. The standard InChI is InChI=1S/C17H23NO2/c1-17(2,8-9-19)18-12-13-4-5-15-11-16(20-3)7-6-14(15)10-13/h4-7,10-11,18-19H,8-9,12H2,1-3H3. The number of aliphatic hydroxyl groups excluding tert-OH is 1. The molecule has 3 heteroatoms. The van der Waals surface area contributed by atoms with Gasteiger partial charge in [-0.2, -0.15) is 0 Å². The maximum Gasteiger partial charge on any atom is 0.119 e. The molecule has 0 spiro atoms. The van der Waals surface area contributed by atoms with Crippen LogP contribution in [0.25, 0.3) is 10.8 Å². The molecular weight excluding hydrogens is 250 g/mol. The zero-order valence-corrected chi connectivity index (χ0v) is 12.4. The number of hydrogen-bond acceptors (Lipinski definition) is 3. The Hall–Kier alpha value is -1.58. The van der Waals surface area contributed by atoms with Gasteiger partial charge in [0.05, 0.1) is 7.11 Å². The van der Waals surface area contributed by atoms with Crippen molar-refractivity contribution in [3.8, 4) is 5.75 Å². The molecule has 2 aromatic rings. The number of aliphatic hydroxyl groups is 1. The second-order valence-corrected chi connectivity index (χ2v) is 5.76. The lowest BCUT2D eigenvalue weighted by atomic mass is 10.0. The summed E-state index contributed by atoms with van der Waals surface area (Å²) in [7, 11) is 1.68. The average Bonchev–Trinajstić information content (AvgIpc) is 2.44. The summed E-state index contributed by atoms with van der Waals surface area (Å²) in [6.07, 6.45) is 0.748. The van der Waals surface area contributed by atoms with Crippen molar-refractivity contribution in [2.75, 3.05) is 13.7 Å². The first-order chi connectivity index (χ1) is 9.54. The summed E-state index contributed by atoms with van der Waals surface area (Å²) in [5, 5.41) is 14.9. The zero-order valence-electron chi connectivity index (χ0n) is 12.4. The molecule has 0 atom stereocenters. The van der Waals surface area contributed by atoms with Crippen molar-refractivity contribution in [2.45, 2.75) is 32.4 Å². The first kappa shape index (κ1) is 14.8. The Morgan fingerprint density at radius 1 is 1.10 bits per heavy atom. The van der Waals surface area contributed by atoms with Crippen molar-refractivity contribution in [1.82, 2.24) is 5.32 Å². The van der Waals surface area contributed by atoms with Gasteiger partial charge in [-0.25, -0.2) is 0 Å². The topological polar surface area (TPSA) is 41.5 Å². The fraction of sp³-hybridized carbons (Fsp3) is 0.412. The highest BCUT2D eigenvalue weighted by Crippen LogP contribution is 2.22. The molecular formula is C17H23NO2. The number of fused-ring (bicyclic) bond motifs is 1. The highest BCUT2D eigenvalue weighted by molar-refractivity contribution is 5.84. The monoisotopic (exact) mass is 273 g/mol. The fourth-order valence-electron chi connectivity index (χ4n) is 2.22. The van der Waals surface area contributed by atoms with Crippen molar-refractivity contribution in [3.05, 3.63) is 42.0 Å². The van der Waals surface area contributed by atoms with Crippen LogP contribution in [-0.4, -0.2) is 24.4 Å². The summed E-state index contributed by atoms with van der Waals surface area (Å²) >= 11 is 0. The largest absolute Gasteiger partial charge is 0.497 e.